The number of nitrogens with zero attached hydrogens (tertiary/aromatic N) is 3. The lowest BCUT2D eigenvalue weighted by atomic mass is 10.2. The third-order valence-electron chi connectivity index (χ3n) is 2.34. The number of hydrogen-bond donors (Lipinski definition) is 0. The van der Waals surface area contributed by atoms with Gasteiger partial charge in [-0.05, 0) is 12.3 Å². The number of aromatic nitrogens is 2. The van der Waals surface area contributed by atoms with E-state index in [2.05, 4.69) is 21.8 Å². The smallest absolute Gasteiger partial charge is 0.149 e. The monoisotopic (exact) mass is 197 g/mol. The van der Waals surface area contributed by atoms with Crippen molar-refractivity contribution in [3.63, 3.8) is 0 Å². The summed E-state index contributed by atoms with van der Waals surface area (Å²) in [5.41, 5.74) is 0. The van der Waals surface area contributed by atoms with Gasteiger partial charge in [0.1, 0.15) is 11.0 Å². The highest BCUT2D eigenvalue weighted by Gasteiger charge is 2.19. The molecule has 13 heavy (non-hydrogen) atoms. The van der Waals surface area contributed by atoms with Crippen LogP contribution in [0.2, 0.25) is 5.15 Å². The van der Waals surface area contributed by atoms with Gasteiger partial charge in [-0.15, -0.1) is 0 Å². The van der Waals surface area contributed by atoms with Gasteiger partial charge < -0.3 is 4.90 Å². The predicted octanol–water partition coefficient (Wildman–Crippen LogP) is 1.98. The van der Waals surface area contributed by atoms with Crippen molar-refractivity contribution in [1.29, 1.82) is 0 Å². The molecule has 0 aliphatic carbocycles. The van der Waals surface area contributed by atoms with E-state index in [1.54, 1.807) is 12.4 Å². The largest absolute Gasteiger partial charge is 0.355 e. The highest BCUT2D eigenvalue weighted by molar-refractivity contribution is 6.29. The van der Waals surface area contributed by atoms with E-state index in [-0.39, 0.29) is 0 Å². The molecule has 3 nitrogen and oxygen atoms in total. The summed E-state index contributed by atoms with van der Waals surface area (Å²) in [7, 11) is 0. The fourth-order valence-corrected chi connectivity index (χ4v) is 1.77. The molecule has 0 aromatic carbocycles. The lowest BCUT2D eigenvalue weighted by molar-refractivity contribution is 0.659. The molecule has 2 heterocycles. The molecule has 0 N–H and O–H groups in total. The molecule has 0 bridgehead atoms. The standard InChI is InChI=1S/C9H12ClN3/c1-7-2-3-13(6-7)9-5-11-4-8(10)12-9/h4-5,7H,2-3,6H2,1H3/t7-/m0/s1. The Morgan fingerprint density at radius 3 is 3.00 bits per heavy atom. The topological polar surface area (TPSA) is 29.0 Å². The lowest BCUT2D eigenvalue weighted by Crippen LogP contribution is -2.20. The first-order valence-electron chi connectivity index (χ1n) is 4.48. The maximum atomic E-state index is 5.76. The van der Waals surface area contributed by atoms with Crippen molar-refractivity contribution in [3.05, 3.63) is 17.5 Å². The summed E-state index contributed by atoms with van der Waals surface area (Å²) in [5.74, 6) is 1.65. The van der Waals surface area contributed by atoms with Gasteiger partial charge in [-0.25, -0.2) is 4.98 Å². The molecule has 1 aromatic rings. The Labute approximate surface area is 82.8 Å². The minimum absolute atomic E-state index is 0.469. The third-order valence-corrected chi connectivity index (χ3v) is 2.52. The van der Waals surface area contributed by atoms with Gasteiger partial charge in [-0.3, -0.25) is 4.98 Å². The quantitative estimate of drug-likeness (QED) is 0.690. The molecule has 1 aliphatic rings. The van der Waals surface area contributed by atoms with Crippen LogP contribution in [-0.2, 0) is 0 Å². The van der Waals surface area contributed by atoms with E-state index in [1.807, 2.05) is 0 Å². The Hall–Kier alpha value is -0.830. The highest BCUT2D eigenvalue weighted by Crippen LogP contribution is 2.21. The molecular formula is C9H12ClN3. The Morgan fingerprint density at radius 1 is 1.54 bits per heavy atom. The van der Waals surface area contributed by atoms with Gasteiger partial charge in [0.25, 0.3) is 0 Å². The van der Waals surface area contributed by atoms with Crippen LogP contribution in [0.5, 0.6) is 0 Å². The van der Waals surface area contributed by atoms with Crippen molar-refractivity contribution in [3.8, 4) is 0 Å². The van der Waals surface area contributed by atoms with Crippen molar-refractivity contribution < 1.29 is 0 Å². The van der Waals surface area contributed by atoms with Crippen molar-refractivity contribution >= 4 is 17.4 Å². The summed E-state index contributed by atoms with van der Waals surface area (Å²) in [4.78, 5) is 10.5. The fourth-order valence-electron chi connectivity index (χ4n) is 1.63. The molecule has 1 fully saturated rings. The van der Waals surface area contributed by atoms with Gasteiger partial charge >= 0.3 is 0 Å². The van der Waals surface area contributed by atoms with E-state index in [9.17, 15) is 0 Å². The van der Waals surface area contributed by atoms with Crippen LogP contribution in [0.25, 0.3) is 0 Å². The Kier molecular flexibility index (Phi) is 2.36. The second kappa shape index (κ2) is 3.50. The first-order valence-corrected chi connectivity index (χ1v) is 4.86. The number of rotatable bonds is 1. The predicted molar refractivity (Wildman–Crippen MR) is 53.0 cm³/mol. The third kappa shape index (κ3) is 1.91. The van der Waals surface area contributed by atoms with Crippen molar-refractivity contribution in [1.82, 2.24) is 9.97 Å². The highest BCUT2D eigenvalue weighted by atomic mass is 35.5. The summed E-state index contributed by atoms with van der Waals surface area (Å²) in [6, 6.07) is 0. The summed E-state index contributed by atoms with van der Waals surface area (Å²) in [5, 5.41) is 0.469. The molecular weight excluding hydrogens is 186 g/mol. The molecule has 0 amide bonds. The van der Waals surface area contributed by atoms with E-state index in [0.717, 1.165) is 24.8 Å². The Balaban J connectivity index is 2.16. The van der Waals surface area contributed by atoms with Gasteiger partial charge in [-0.2, -0.15) is 0 Å². The molecule has 4 heteroatoms. The van der Waals surface area contributed by atoms with Crippen LogP contribution in [0.4, 0.5) is 5.82 Å². The molecule has 1 aliphatic heterocycles. The molecule has 70 valence electrons. The van der Waals surface area contributed by atoms with Crippen molar-refractivity contribution in [2.45, 2.75) is 13.3 Å². The summed E-state index contributed by atoms with van der Waals surface area (Å²) >= 11 is 5.76. The van der Waals surface area contributed by atoms with E-state index in [4.69, 9.17) is 11.6 Å². The minimum Gasteiger partial charge on any atom is -0.355 e. The first kappa shape index (κ1) is 8.75. The molecule has 1 atom stereocenters. The average Bonchev–Trinajstić information content (AvgIpc) is 2.52. The van der Waals surface area contributed by atoms with Crippen LogP contribution in [0.3, 0.4) is 0 Å². The van der Waals surface area contributed by atoms with Crippen LogP contribution >= 0.6 is 11.6 Å². The zero-order valence-electron chi connectivity index (χ0n) is 7.57. The van der Waals surface area contributed by atoms with Gasteiger partial charge in [0.2, 0.25) is 0 Å². The molecule has 0 saturated carbocycles. The molecule has 2 rings (SSSR count). The van der Waals surface area contributed by atoms with E-state index in [1.165, 1.54) is 6.42 Å². The molecule has 0 unspecified atom stereocenters. The zero-order chi connectivity index (χ0) is 9.26. The van der Waals surface area contributed by atoms with Gasteiger partial charge in [0, 0.05) is 13.1 Å². The normalized spacial score (nSPS) is 22.3. The van der Waals surface area contributed by atoms with Crippen LogP contribution < -0.4 is 4.90 Å². The SMILES string of the molecule is C[C@H]1CCN(c2cncc(Cl)n2)C1. The molecule has 1 aromatic heterocycles. The number of anilines is 1. The summed E-state index contributed by atoms with van der Waals surface area (Å²) < 4.78 is 0. The van der Waals surface area contributed by atoms with E-state index in [0.29, 0.717) is 5.15 Å². The number of halogens is 1. The van der Waals surface area contributed by atoms with Crippen molar-refractivity contribution in [2.24, 2.45) is 5.92 Å². The van der Waals surface area contributed by atoms with Crippen LogP contribution in [-0.4, -0.2) is 23.1 Å². The van der Waals surface area contributed by atoms with Crippen LogP contribution in [0, 0.1) is 5.92 Å². The van der Waals surface area contributed by atoms with Gasteiger partial charge in [0.15, 0.2) is 0 Å². The second-order valence-electron chi connectivity index (χ2n) is 3.54. The fraction of sp³-hybridized carbons (Fsp3) is 0.556. The Morgan fingerprint density at radius 2 is 2.38 bits per heavy atom. The summed E-state index contributed by atoms with van der Waals surface area (Å²) in [6.45, 7) is 4.38. The van der Waals surface area contributed by atoms with Gasteiger partial charge in [-0.1, -0.05) is 18.5 Å². The van der Waals surface area contributed by atoms with Crippen molar-refractivity contribution in [2.75, 3.05) is 18.0 Å². The lowest BCUT2D eigenvalue weighted by Gasteiger charge is -2.15. The first-order chi connectivity index (χ1) is 6.25. The zero-order valence-corrected chi connectivity index (χ0v) is 8.33. The average molecular weight is 198 g/mol. The summed E-state index contributed by atoms with van der Waals surface area (Å²) in [6.07, 6.45) is 4.56. The minimum atomic E-state index is 0.469. The maximum Gasteiger partial charge on any atom is 0.149 e. The second-order valence-corrected chi connectivity index (χ2v) is 3.93. The van der Waals surface area contributed by atoms with Gasteiger partial charge in [0.05, 0.1) is 12.4 Å². The molecule has 0 radical (unpaired) electrons. The van der Waals surface area contributed by atoms with E-state index >= 15 is 0 Å². The van der Waals surface area contributed by atoms with Crippen LogP contribution in [0.15, 0.2) is 12.4 Å². The number of hydrogen-bond acceptors (Lipinski definition) is 3. The van der Waals surface area contributed by atoms with E-state index < -0.39 is 0 Å². The van der Waals surface area contributed by atoms with Crippen LogP contribution in [0.1, 0.15) is 13.3 Å². The Bertz CT molecular complexity index is 303. The maximum absolute atomic E-state index is 5.76. The molecule has 0 spiro atoms. The molecule has 1 saturated heterocycles.